The zero-order valence-corrected chi connectivity index (χ0v) is 47.8. The largest absolute Gasteiger partial charge is 0.508 e. The fraction of sp³-hybridized carbons (Fsp3) is 0.414. The maximum Gasteiger partial charge on any atom is 0.254 e. The Morgan fingerprint density at radius 3 is 2.49 bits per heavy atom. The lowest BCUT2D eigenvalue weighted by Gasteiger charge is -2.35. The third-order valence-corrected chi connectivity index (χ3v) is 16.1. The van der Waals surface area contributed by atoms with Crippen LogP contribution in [0.5, 0.6) is 17.4 Å². The Bertz CT molecular complexity index is 3440. The number of thiazole rings is 1. The first-order chi connectivity index (χ1) is 38.9. The highest BCUT2D eigenvalue weighted by Crippen LogP contribution is 2.43. The van der Waals surface area contributed by atoms with E-state index in [0.717, 1.165) is 21.7 Å². The number of piperazine rings is 1. The van der Waals surface area contributed by atoms with Crippen molar-refractivity contribution in [2.45, 2.75) is 71.6 Å². The van der Waals surface area contributed by atoms with Gasteiger partial charge in [-0.15, -0.1) is 11.3 Å². The number of nitrogens with one attached hydrogen (secondary N) is 2. The predicted molar refractivity (Wildman–Crippen MR) is 306 cm³/mol. The Morgan fingerprint density at radius 2 is 1.77 bits per heavy atom. The maximum atomic E-state index is 17.0. The zero-order chi connectivity index (χ0) is 57.6. The number of carbonyl (C=O) groups is 4. The van der Waals surface area contributed by atoms with E-state index in [4.69, 9.17) is 35.3 Å². The van der Waals surface area contributed by atoms with Gasteiger partial charge in [0.1, 0.15) is 41.4 Å². The van der Waals surface area contributed by atoms with Crippen LogP contribution < -0.4 is 25.0 Å². The second-order valence-corrected chi connectivity index (χ2v) is 21.9. The number of phenolic OH excluding ortho intramolecular Hbond substituents is 1. The van der Waals surface area contributed by atoms with Gasteiger partial charge in [0.2, 0.25) is 29.6 Å². The van der Waals surface area contributed by atoms with Crippen molar-refractivity contribution in [2.24, 2.45) is 5.92 Å². The van der Waals surface area contributed by atoms with Crippen LogP contribution >= 0.6 is 22.9 Å². The number of phenols is 1. The molecule has 7 aromatic rings. The van der Waals surface area contributed by atoms with Crippen molar-refractivity contribution in [3.05, 3.63) is 100 Å². The number of aliphatic hydroxyl groups excluding tert-OH is 1. The van der Waals surface area contributed by atoms with Gasteiger partial charge in [-0.1, -0.05) is 61.8 Å². The van der Waals surface area contributed by atoms with Crippen LogP contribution in [0.25, 0.3) is 43.2 Å². The fourth-order valence-electron chi connectivity index (χ4n) is 10.5. The number of amides is 4. The summed E-state index contributed by atoms with van der Waals surface area (Å²) in [5, 5.41) is 33.5. The van der Waals surface area contributed by atoms with Crippen LogP contribution in [0.15, 0.2) is 76.8 Å². The molecule has 0 radical (unpaired) electrons. The van der Waals surface area contributed by atoms with Crippen LogP contribution in [0.4, 0.5) is 16.2 Å². The Hall–Kier alpha value is -7.66. The number of carbonyl (C=O) groups excluding carboxylic acids is 4. The molecule has 3 aromatic heterocycles. The highest BCUT2D eigenvalue weighted by molar-refractivity contribution is 7.13. The van der Waals surface area contributed by atoms with Crippen molar-refractivity contribution in [2.75, 3.05) is 90.0 Å². The summed E-state index contributed by atoms with van der Waals surface area (Å²) in [5.41, 5.74) is 4.87. The number of aliphatic hydroxyl groups is 1. The van der Waals surface area contributed by atoms with Crippen molar-refractivity contribution in [3.63, 3.8) is 0 Å². The van der Waals surface area contributed by atoms with Gasteiger partial charge < -0.3 is 59.2 Å². The Morgan fingerprint density at radius 1 is 0.988 bits per heavy atom. The van der Waals surface area contributed by atoms with Crippen LogP contribution in [0.1, 0.15) is 69.5 Å². The molecular weight excluding hydrogens is 1080 g/mol. The molecule has 428 valence electrons. The van der Waals surface area contributed by atoms with E-state index in [-0.39, 0.29) is 115 Å². The lowest BCUT2D eigenvalue weighted by molar-refractivity contribution is -0.141. The highest BCUT2D eigenvalue weighted by Gasteiger charge is 2.44. The van der Waals surface area contributed by atoms with E-state index >= 15 is 4.39 Å². The summed E-state index contributed by atoms with van der Waals surface area (Å²) >= 11 is 8.42. The minimum Gasteiger partial charge on any atom is -0.508 e. The van der Waals surface area contributed by atoms with Crippen molar-refractivity contribution in [1.29, 1.82) is 0 Å². The standard InChI is InChI=1S/C58H66ClFN10O10S/c1-32(2)50(57(76)70-30-39(73)27-45(70)56(75)63-33(3)40-13-12-37(25-46(40)77-7)54-34(4)62-31-81-54)47-29-48(66-80-47)79-23-22-78-21-20-67(6)49(74)14-15-61-58-64-53-43(55(65-58)69-18-16-68(17-19-69)35(5)71)28-44(59)51(52(53)60)42-26-38(72)24-36-10-8-9-11-41(36)42/h8-13,24-26,28-29,31-33,39,45,50,72-73H,14-23,27,30H2,1-7H3,(H,63,75)(H,61,64,65)/t33-,39+,45-,50+/m0/s1. The molecule has 5 heterocycles. The third kappa shape index (κ3) is 12.9. The van der Waals surface area contributed by atoms with Gasteiger partial charge in [0.15, 0.2) is 11.6 Å². The van der Waals surface area contributed by atoms with E-state index in [1.165, 1.54) is 34.1 Å². The minimum absolute atomic E-state index is 0.00323. The molecule has 4 amide bonds. The lowest BCUT2D eigenvalue weighted by Crippen LogP contribution is -2.48. The average molecular weight is 1150 g/mol. The van der Waals surface area contributed by atoms with E-state index in [2.05, 4.69) is 25.8 Å². The van der Waals surface area contributed by atoms with Crippen LogP contribution in [0.2, 0.25) is 5.02 Å². The number of β-amino-alcohol motifs (C(OH)–C–C–N with tert-alkyl or cyclic N) is 1. The minimum atomic E-state index is -0.932. The van der Waals surface area contributed by atoms with E-state index in [1.54, 1.807) is 42.8 Å². The van der Waals surface area contributed by atoms with Gasteiger partial charge in [0.25, 0.3) is 5.88 Å². The molecule has 81 heavy (non-hydrogen) atoms. The average Bonchev–Trinajstić information content (AvgIpc) is 4.35. The van der Waals surface area contributed by atoms with Crippen LogP contribution in [-0.2, 0) is 23.9 Å². The smallest absolute Gasteiger partial charge is 0.254 e. The summed E-state index contributed by atoms with van der Waals surface area (Å²) in [6.07, 6.45) is -0.785. The van der Waals surface area contributed by atoms with Crippen molar-refractivity contribution in [1.82, 2.24) is 40.1 Å². The first-order valence-corrected chi connectivity index (χ1v) is 28.1. The Balaban J connectivity index is 0.763. The number of ether oxygens (including phenoxy) is 3. The van der Waals surface area contributed by atoms with Crippen molar-refractivity contribution in [3.8, 4) is 38.9 Å². The monoisotopic (exact) mass is 1150 g/mol. The molecule has 0 bridgehead atoms. The van der Waals surface area contributed by atoms with Crippen molar-refractivity contribution >= 4 is 80.0 Å². The molecule has 4 aromatic carbocycles. The molecule has 0 aliphatic carbocycles. The van der Waals surface area contributed by atoms with Crippen LogP contribution in [-0.4, -0.2) is 161 Å². The Labute approximate surface area is 477 Å². The van der Waals surface area contributed by atoms with Gasteiger partial charge in [-0.3, -0.25) is 19.2 Å². The van der Waals surface area contributed by atoms with E-state index in [0.29, 0.717) is 59.5 Å². The number of nitrogens with zero attached hydrogens (tertiary/aromatic N) is 8. The molecule has 2 saturated heterocycles. The number of likely N-dealkylation sites (N-methyl/N-ethyl adjacent to an activating group) is 1. The molecule has 2 aliphatic rings. The number of rotatable bonds is 21. The highest BCUT2D eigenvalue weighted by atomic mass is 35.5. The molecule has 0 unspecified atom stereocenters. The van der Waals surface area contributed by atoms with Gasteiger partial charge in [0, 0.05) is 95.2 Å². The number of hydrogen-bond acceptors (Lipinski definition) is 17. The number of aromatic hydroxyl groups is 1. The molecule has 23 heteroatoms. The molecule has 20 nitrogen and oxygen atoms in total. The summed E-state index contributed by atoms with van der Waals surface area (Å²) in [7, 11) is 3.23. The number of aryl methyl sites for hydroxylation is 1. The molecule has 2 aliphatic heterocycles. The van der Waals surface area contributed by atoms with Gasteiger partial charge >= 0.3 is 0 Å². The number of benzene rings is 4. The second kappa shape index (κ2) is 25.4. The van der Waals surface area contributed by atoms with E-state index < -0.39 is 35.8 Å². The summed E-state index contributed by atoms with van der Waals surface area (Å²) in [5.74, 6) is -1.39. The summed E-state index contributed by atoms with van der Waals surface area (Å²) in [4.78, 5) is 75.0. The van der Waals surface area contributed by atoms with Gasteiger partial charge in [-0.25, -0.2) is 14.4 Å². The maximum absolute atomic E-state index is 17.0. The number of fused-ring (bicyclic) bond motifs is 2. The normalized spacial score (nSPS) is 16.3. The molecule has 2 fully saturated rings. The van der Waals surface area contributed by atoms with Crippen LogP contribution in [0, 0.1) is 18.7 Å². The summed E-state index contributed by atoms with van der Waals surface area (Å²) in [6, 6.07) is 17.9. The molecule has 0 saturated carbocycles. The lowest BCUT2D eigenvalue weighted by atomic mass is 9.91. The molecule has 0 spiro atoms. The van der Waals surface area contributed by atoms with Gasteiger partial charge in [-0.05, 0) is 71.1 Å². The number of hydrogen-bond donors (Lipinski definition) is 4. The quantitative estimate of drug-likeness (QED) is 0.0499. The van der Waals surface area contributed by atoms with Crippen molar-refractivity contribution < 1.29 is 52.5 Å². The second-order valence-electron chi connectivity index (χ2n) is 20.6. The molecule has 4 atom stereocenters. The zero-order valence-electron chi connectivity index (χ0n) is 46.2. The van der Waals surface area contributed by atoms with Gasteiger partial charge in [0.05, 0.1) is 53.6 Å². The topological polar surface area (TPSA) is 238 Å². The molecule has 4 N–H and O–H groups in total. The van der Waals surface area contributed by atoms with Gasteiger partial charge in [-0.2, -0.15) is 4.98 Å². The summed E-state index contributed by atoms with van der Waals surface area (Å²) < 4.78 is 40.0. The number of halogens is 2. The number of aromatic nitrogens is 4. The molecule has 9 rings (SSSR count). The number of likely N-dealkylation sites (tertiary alicyclic amines) is 1. The Kier molecular flexibility index (Phi) is 18.2. The van der Waals surface area contributed by atoms with E-state index in [1.807, 2.05) is 75.1 Å². The predicted octanol–water partition coefficient (Wildman–Crippen LogP) is 7.98. The first kappa shape index (κ1) is 58.0. The first-order valence-electron chi connectivity index (χ1n) is 26.8. The van der Waals surface area contributed by atoms with Crippen LogP contribution in [0.3, 0.4) is 0 Å². The SMILES string of the molecule is COc1cc(-c2scnc2C)ccc1[C@H](C)NC(=O)[C@@H]1C[C@@H](O)CN1C(=O)[C@@H](c1cc(OCCOCCN(C)C(=O)CCNc2nc(N3CCN(C(C)=O)CC3)c3cc(Cl)c(-c4cc(O)cc5ccccc45)c(F)c3n2)no1)C(C)C. The molecular formula is C58H66ClFN10O10S. The number of anilines is 2. The summed E-state index contributed by atoms with van der Waals surface area (Å²) in [6.45, 7) is 11.6. The number of methoxy groups -OCH3 is 1. The third-order valence-electron chi connectivity index (χ3n) is 14.8. The fourth-order valence-corrected chi connectivity index (χ4v) is 11.6. The van der Waals surface area contributed by atoms with E-state index in [9.17, 15) is 29.4 Å².